The minimum atomic E-state index is -0.124. The number of benzene rings is 1. The van der Waals surface area contributed by atoms with Gasteiger partial charge in [-0.2, -0.15) is 0 Å². The second-order valence-corrected chi connectivity index (χ2v) is 2.93. The Morgan fingerprint density at radius 2 is 2.10 bits per heavy atom. The van der Waals surface area contributed by atoms with Gasteiger partial charge < -0.3 is 0 Å². The molecule has 51 valence electrons. The summed E-state index contributed by atoms with van der Waals surface area (Å²) in [6, 6.07) is 6.76. The fourth-order valence-electron chi connectivity index (χ4n) is 0.692. The van der Waals surface area contributed by atoms with E-state index in [-0.39, 0.29) is 22.8 Å². The minimum absolute atomic E-state index is 0. The second kappa shape index (κ2) is 4.98. The number of hydrogen-bond acceptors (Lipinski definition) is 0. The van der Waals surface area contributed by atoms with E-state index in [2.05, 4.69) is 0 Å². The van der Waals surface area contributed by atoms with E-state index < -0.39 is 0 Å². The van der Waals surface area contributed by atoms with E-state index in [1.807, 2.05) is 6.07 Å². The first-order valence-corrected chi connectivity index (χ1v) is 4.96. The molecule has 0 saturated heterocycles. The molecule has 10 heavy (non-hydrogen) atoms. The molecule has 0 aliphatic carbocycles. The van der Waals surface area contributed by atoms with Gasteiger partial charge in [-0.05, 0) is 0 Å². The van der Waals surface area contributed by atoms with Crippen molar-refractivity contribution in [2.75, 3.05) is 0 Å². The van der Waals surface area contributed by atoms with Gasteiger partial charge in [-0.25, -0.2) is 0 Å². The molecule has 0 aliphatic heterocycles. The van der Waals surface area contributed by atoms with Gasteiger partial charge in [0.05, 0.1) is 0 Å². The molecule has 0 bridgehead atoms. The predicted octanol–water partition coefficient (Wildman–Crippen LogP) is 2.45. The molecule has 0 radical (unpaired) electrons. The van der Waals surface area contributed by atoms with Gasteiger partial charge >= 0.3 is 63.4 Å². The van der Waals surface area contributed by atoms with Crippen molar-refractivity contribution in [3.05, 3.63) is 35.6 Å². The van der Waals surface area contributed by atoms with E-state index in [1.165, 1.54) is 24.4 Å². The van der Waals surface area contributed by atoms with Crippen LogP contribution in [0.25, 0.3) is 0 Å². The van der Waals surface area contributed by atoms with Crippen molar-refractivity contribution in [1.82, 2.24) is 0 Å². The molecule has 1 aromatic carbocycles. The van der Waals surface area contributed by atoms with E-state index in [0.29, 0.717) is 0 Å². The third-order valence-corrected chi connectivity index (χ3v) is 2.39. The van der Waals surface area contributed by atoms with Gasteiger partial charge in [-0.3, -0.25) is 0 Å². The fourth-order valence-corrected chi connectivity index (χ4v) is 1.34. The summed E-state index contributed by atoms with van der Waals surface area (Å²) in [6.45, 7) is 0. The standard InChI is InChI=1S/C7H6F.BrH.Zn/c1-6-3-2-4-7(8)5-6;;/h2-5H,1H2;1H;. The zero-order valence-corrected chi connectivity index (χ0v) is 10.2. The Bertz CT molecular complexity index is 203. The van der Waals surface area contributed by atoms with Crippen molar-refractivity contribution in [3.63, 3.8) is 0 Å². The van der Waals surface area contributed by atoms with Crippen molar-refractivity contribution >= 4 is 17.0 Å². The Morgan fingerprint density at radius 1 is 1.40 bits per heavy atom. The van der Waals surface area contributed by atoms with Crippen LogP contribution in [0.5, 0.6) is 0 Å². The molecule has 0 spiro atoms. The van der Waals surface area contributed by atoms with E-state index in [0.717, 1.165) is 10.6 Å². The third-order valence-electron chi connectivity index (χ3n) is 1.18. The van der Waals surface area contributed by atoms with Crippen LogP contribution in [0.4, 0.5) is 4.39 Å². The van der Waals surface area contributed by atoms with Crippen LogP contribution in [0.3, 0.4) is 0 Å². The summed E-state index contributed by atoms with van der Waals surface area (Å²) >= 11 is 1.20. The topological polar surface area (TPSA) is 0 Å². The molecule has 0 N–H and O–H groups in total. The maximum atomic E-state index is 12.4. The zero-order valence-electron chi connectivity index (χ0n) is 5.51. The fraction of sp³-hybridized carbons (Fsp3) is 0.143. The van der Waals surface area contributed by atoms with Crippen LogP contribution in [-0.4, -0.2) is 0 Å². The summed E-state index contributed by atoms with van der Waals surface area (Å²) in [5.74, 6) is -0.124. The Morgan fingerprint density at radius 3 is 2.50 bits per heavy atom. The first-order valence-electron chi connectivity index (χ1n) is 2.86. The Hall–Kier alpha value is 0.253. The molecule has 0 saturated carbocycles. The van der Waals surface area contributed by atoms with Gasteiger partial charge in [-0.1, -0.05) is 0 Å². The summed E-state index contributed by atoms with van der Waals surface area (Å²) in [7, 11) is 0. The van der Waals surface area contributed by atoms with Gasteiger partial charge in [0.2, 0.25) is 0 Å². The maximum absolute atomic E-state index is 12.4. The van der Waals surface area contributed by atoms with E-state index in [9.17, 15) is 4.39 Å². The summed E-state index contributed by atoms with van der Waals surface area (Å²) < 4.78 is 12.4. The van der Waals surface area contributed by atoms with Crippen molar-refractivity contribution < 1.29 is 22.7 Å². The molecular weight excluding hydrogens is 248 g/mol. The van der Waals surface area contributed by atoms with Crippen molar-refractivity contribution in [2.45, 2.75) is 5.02 Å². The van der Waals surface area contributed by atoms with Crippen molar-refractivity contribution in [1.29, 1.82) is 0 Å². The van der Waals surface area contributed by atoms with Crippen LogP contribution in [0.1, 0.15) is 5.56 Å². The SMILES string of the molecule is Br.Fc1cccc([CH2][Zn])c1. The summed E-state index contributed by atoms with van der Waals surface area (Å²) in [5, 5.41) is 1.03. The molecule has 0 unspecified atom stereocenters. The molecule has 0 fully saturated rings. The molecule has 0 atom stereocenters. The molecule has 0 aromatic heterocycles. The zero-order chi connectivity index (χ0) is 6.69. The third kappa shape index (κ3) is 2.89. The van der Waals surface area contributed by atoms with E-state index in [1.54, 1.807) is 12.1 Å². The monoisotopic (exact) mass is 253 g/mol. The average molecular weight is 255 g/mol. The molecule has 0 amide bonds. The van der Waals surface area contributed by atoms with Gasteiger partial charge in [0, 0.05) is 0 Å². The summed E-state index contributed by atoms with van der Waals surface area (Å²) in [6.07, 6.45) is 0. The average Bonchev–Trinajstić information content (AvgIpc) is 1.88. The Balaban J connectivity index is 0.000000810. The second-order valence-electron chi connectivity index (χ2n) is 1.88. The number of hydrogen-bond donors (Lipinski definition) is 0. The molecule has 1 rings (SSSR count). The quantitative estimate of drug-likeness (QED) is 0.676. The van der Waals surface area contributed by atoms with Crippen molar-refractivity contribution in [2.24, 2.45) is 0 Å². The molecule has 0 heterocycles. The van der Waals surface area contributed by atoms with Gasteiger partial charge in [0.25, 0.3) is 0 Å². The van der Waals surface area contributed by atoms with Crippen molar-refractivity contribution in [3.8, 4) is 0 Å². The summed E-state index contributed by atoms with van der Waals surface area (Å²) in [4.78, 5) is 0. The van der Waals surface area contributed by atoms with Crippen LogP contribution in [0, 0.1) is 5.82 Å². The molecule has 1 aromatic rings. The number of halogens is 2. The van der Waals surface area contributed by atoms with Gasteiger partial charge in [0.1, 0.15) is 0 Å². The van der Waals surface area contributed by atoms with E-state index >= 15 is 0 Å². The summed E-state index contributed by atoms with van der Waals surface area (Å²) in [5.41, 5.74) is 1.11. The molecule has 0 aliphatic rings. The Kier molecular flexibility index (Phi) is 5.10. The first kappa shape index (κ1) is 10.3. The molecule has 3 heteroatoms. The normalized spacial score (nSPS) is 8.70. The Labute approximate surface area is 80.3 Å². The molecule has 0 nitrogen and oxygen atoms in total. The van der Waals surface area contributed by atoms with Gasteiger partial charge in [0.15, 0.2) is 0 Å². The van der Waals surface area contributed by atoms with E-state index in [4.69, 9.17) is 0 Å². The van der Waals surface area contributed by atoms with Crippen LogP contribution in [0.15, 0.2) is 24.3 Å². The first-order chi connectivity index (χ1) is 4.33. The van der Waals surface area contributed by atoms with Crippen LogP contribution >= 0.6 is 17.0 Å². The van der Waals surface area contributed by atoms with Crippen LogP contribution in [-0.2, 0) is 23.3 Å². The van der Waals surface area contributed by atoms with Crippen LogP contribution in [0.2, 0.25) is 0 Å². The van der Waals surface area contributed by atoms with Crippen LogP contribution < -0.4 is 0 Å². The predicted molar refractivity (Wildman–Crippen MR) is 40.4 cm³/mol. The van der Waals surface area contributed by atoms with Gasteiger partial charge in [-0.15, -0.1) is 17.0 Å². The number of rotatable bonds is 1. The molecular formula is C7H7BrFZn.